The van der Waals surface area contributed by atoms with Crippen LogP contribution < -0.4 is 0 Å². The van der Waals surface area contributed by atoms with Crippen molar-refractivity contribution in [2.45, 2.75) is 45.7 Å². The maximum Gasteiger partial charge on any atom is 0.326 e. The number of carbonyl (C=O) groups excluding carboxylic acids is 1. The van der Waals surface area contributed by atoms with Crippen molar-refractivity contribution in [3.8, 4) is 0 Å². The molecule has 2 aromatic rings. The summed E-state index contributed by atoms with van der Waals surface area (Å²) in [6, 6.07) is 0.988. The van der Waals surface area contributed by atoms with Crippen LogP contribution in [0.2, 0.25) is 0 Å². The second-order valence-electron chi connectivity index (χ2n) is 5.77. The van der Waals surface area contributed by atoms with Crippen molar-refractivity contribution in [3.05, 3.63) is 29.2 Å². The molecule has 1 atom stereocenters. The molecule has 7 nitrogen and oxygen atoms in total. The van der Waals surface area contributed by atoms with E-state index in [-0.39, 0.29) is 11.9 Å². The molecule has 1 aliphatic rings. The number of nitrogens with zero attached hydrogens (tertiary/aromatic N) is 4. The Labute approximate surface area is 127 Å². The highest BCUT2D eigenvalue weighted by atomic mass is 16.4. The summed E-state index contributed by atoms with van der Waals surface area (Å²) in [6.45, 7) is 5.20. The van der Waals surface area contributed by atoms with Crippen LogP contribution in [0.4, 0.5) is 0 Å². The molecular weight excluding hydrogens is 284 g/mol. The molecule has 1 saturated carbocycles. The minimum atomic E-state index is -0.998. The van der Waals surface area contributed by atoms with E-state index < -0.39 is 12.0 Å². The largest absolute Gasteiger partial charge is 0.480 e. The first-order valence-corrected chi connectivity index (χ1v) is 7.27. The number of aliphatic carboxylic acids is 1. The topological polar surface area (TPSA) is 87.8 Å². The molecular formula is C15H18N4O3. The zero-order chi connectivity index (χ0) is 16.0. The van der Waals surface area contributed by atoms with Crippen molar-refractivity contribution in [1.29, 1.82) is 0 Å². The molecule has 7 heteroatoms. The number of amides is 1. The molecule has 1 unspecified atom stereocenters. The number of rotatable bonds is 4. The molecule has 2 aromatic heterocycles. The van der Waals surface area contributed by atoms with Crippen molar-refractivity contribution in [2.75, 3.05) is 0 Å². The Morgan fingerprint density at radius 3 is 2.68 bits per heavy atom. The summed E-state index contributed by atoms with van der Waals surface area (Å²) >= 11 is 0. The van der Waals surface area contributed by atoms with E-state index in [2.05, 4.69) is 10.1 Å². The molecule has 0 radical (unpaired) electrons. The number of carbonyl (C=O) groups is 2. The van der Waals surface area contributed by atoms with E-state index in [0.717, 1.165) is 18.5 Å². The Morgan fingerprint density at radius 1 is 1.41 bits per heavy atom. The molecule has 0 aliphatic heterocycles. The average molecular weight is 302 g/mol. The lowest BCUT2D eigenvalue weighted by molar-refractivity contribution is -0.141. The molecule has 3 rings (SSSR count). The average Bonchev–Trinajstić information content (AvgIpc) is 3.20. The van der Waals surface area contributed by atoms with Gasteiger partial charge >= 0.3 is 5.97 Å². The monoisotopic (exact) mass is 302 g/mol. The maximum atomic E-state index is 12.8. The minimum absolute atomic E-state index is 0.00746. The summed E-state index contributed by atoms with van der Waals surface area (Å²) in [5.74, 6) is -1.29. The number of carboxylic acids is 1. The third-order valence-electron chi connectivity index (χ3n) is 4.03. The highest BCUT2D eigenvalue weighted by Crippen LogP contribution is 2.30. The predicted molar refractivity (Wildman–Crippen MR) is 78.8 cm³/mol. The Balaban J connectivity index is 2.03. The molecule has 0 spiro atoms. The van der Waals surface area contributed by atoms with Crippen molar-refractivity contribution in [3.63, 3.8) is 0 Å². The molecule has 116 valence electrons. The van der Waals surface area contributed by atoms with Gasteiger partial charge in [0.1, 0.15) is 6.04 Å². The smallest absolute Gasteiger partial charge is 0.326 e. The first-order valence-electron chi connectivity index (χ1n) is 7.27. The predicted octanol–water partition coefficient (Wildman–Crippen LogP) is 1.42. The van der Waals surface area contributed by atoms with Gasteiger partial charge in [-0.1, -0.05) is 0 Å². The standard InChI is InChI=1S/C15H18N4O3/c1-8-6-13-16-7-12(9(2)19(13)17-8)14(20)18(11-4-5-11)10(3)15(21)22/h6-7,10-11H,4-5H2,1-3H3,(H,21,22). The van der Waals surface area contributed by atoms with Crippen LogP contribution in [0.3, 0.4) is 0 Å². The highest BCUT2D eigenvalue weighted by Gasteiger charge is 2.39. The summed E-state index contributed by atoms with van der Waals surface area (Å²) in [6.07, 6.45) is 3.20. The maximum absolute atomic E-state index is 12.8. The highest BCUT2D eigenvalue weighted by molar-refractivity contribution is 5.97. The van der Waals surface area contributed by atoms with E-state index in [1.54, 1.807) is 11.4 Å². The van der Waals surface area contributed by atoms with Gasteiger partial charge < -0.3 is 10.0 Å². The Morgan fingerprint density at radius 2 is 2.09 bits per heavy atom. The lowest BCUT2D eigenvalue weighted by atomic mass is 10.1. The minimum Gasteiger partial charge on any atom is -0.480 e. The van der Waals surface area contributed by atoms with E-state index in [1.165, 1.54) is 18.0 Å². The van der Waals surface area contributed by atoms with E-state index in [9.17, 15) is 14.7 Å². The van der Waals surface area contributed by atoms with Crippen LogP contribution in [0.1, 0.15) is 41.5 Å². The SMILES string of the molecule is Cc1cc2ncc(C(=O)N(C3CC3)C(C)C(=O)O)c(C)n2n1. The van der Waals surface area contributed by atoms with Gasteiger partial charge in [0.25, 0.3) is 5.91 Å². The third-order valence-corrected chi connectivity index (χ3v) is 4.03. The van der Waals surface area contributed by atoms with Crippen molar-refractivity contribution in [1.82, 2.24) is 19.5 Å². The van der Waals surface area contributed by atoms with Crippen LogP contribution in [0.25, 0.3) is 5.65 Å². The van der Waals surface area contributed by atoms with Gasteiger partial charge in [-0.2, -0.15) is 5.10 Å². The van der Waals surface area contributed by atoms with Crippen LogP contribution in [0.5, 0.6) is 0 Å². The molecule has 1 amide bonds. The fourth-order valence-electron chi connectivity index (χ4n) is 2.64. The van der Waals surface area contributed by atoms with Crippen LogP contribution in [-0.4, -0.2) is 48.6 Å². The van der Waals surface area contributed by atoms with Gasteiger partial charge in [-0.3, -0.25) is 4.79 Å². The fourth-order valence-corrected chi connectivity index (χ4v) is 2.64. The molecule has 1 fully saturated rings. The number of carboxylic acid groups (broad SMARTS) is 1. The quantitative estimate of drug-likeness (QED) is 0.923. The molecule has 1 N–H and O–H groups in total. The summed E-state index contributed by atoms with van der Waals surface area (Å²) in [4.78, 5) is 29.8. The summed E-state index contributed by atoms with van der Waals surface area (Å²) in [7, 11) is 0. The summed E-state index contributed by atoms with van der Waals surface area (Å²) in [5.41, 5.74) is 2.57. The summed E-state index contributed by atoms with van der Waals surface area (Å²) in [5, 5.41) is 13.6. The number of aryl methyl sites for hydroxylation is 2. The normalized spacial score (nSPS) is 15.8. The Bertz CT molecular complexity index is 763. The van der Waals surface area contributed by atoms with E-state index >= 15 is 0 Å². The first-order chi connectivity index (χ1) is 10.4. The molecule has 0 saturated heterocycles. The molecule has 0 aromatic carbocycles. The van der Waals surface area contributed by atoms with Gasteiger partial charge in [-0.25, -0.2) is 14.3 Å². The first kappa shape index (κ1) is 14.5. The fraction of sp³-hybridized carbons (Fsp3) is 0.467. The van der Waals surface area contributed by atoms with E-state index in [4.69, 9.17) is 0 Å². The van der Waals surface area contributed by atoms with Crippen molar-refractivity contribution >= 4 is 17.5 Å². The molecule has 22 heavy (non-hydrogen) atoms. The van der Waals surface area contributed by atoms with Crippen LogP contribution >= 0.6 is 0 Å². The van der Waals surface area contributed by atoms with Gasteiger partial charge in [-0.15, -0.1) is 0 Å². The van der Waals surface area contributed by atoms with Gasteiger partial charge in [0.2, 0.25) is 0 Å². The number of hydrogen-bond donors (Lipinski definition) is 1. The number of fused-ring (bicyclic) bond motifs is 1. The van der Waals surface area contributed by atoms with Gasteiger partial charge in [0, 0.05) is 18.3 Å². The lowest BCUT2D eigenvalue weighted by Gasteiger charge is -2.27. The number of hydrogen-bond acceptors (Lipinski definition) is 4. The second-order valence-corrected chi connectivity index (χ2v) is 5.77. The molecule has 2 heterocycles. The van der Waals surface area contributed by atoms with Gasteiger partial charge in [0.05, 0.1) is 17.0 Å². The third kappa shape index (κ3) is 2.32. The zero-order valence-electron chi connectivity index (χ0n) is 12.8. The lowest BCUT2D eigenvalue weighted by Crippen LogP contribution is -2.45. The Hall–Kier alpha value is -2.44. The van der Waals surface area contributed by atoms with Crippen LogP contribution in [0, 0.1) is 13.8 Å². The number of aromatic nitrogens is 3. The van der Waals surface area contributed by atoms with Gasteiger partial charge in [0.15, 0.2) is 5.65 Å². The molecule has 0 bridgehead atoms. The van der Waals surface area contributed by atoms with Crippen molar-refractivity contribution in [2.24, 2.45) is 0 Å². The van der Waals surface area contributed by atoms with E-state index in [1.807, 2.05) is 13.0 Å². The van der Waals surface area contributed by atoms with E-state index in [0.29, 0.717) is 16.9 Å². The second kappa shape index (κ2) is 5.08. The zero-order valence-corrected chi connectivity index (χ0v) is 12.8. The van der Waals surface area contributed by atoms with Crippen LogP contribution in [0.15, 0.2) is 12.3 Å². The Kier molecular flexibility index (Phi) is 3.35. The molecule has 1 aliphatic carbocycles. The summed E-state index contributed by atoms with van der Waals surface area (Å²) < 4.78 is 1.62. The van der Waals surface area contributed by atoms with Crippen molar-refractivity contribution < 1.29 is 14.7 Å². The van der Waals surface area contributed by atoms with Crippen LogP contribution in [-0.2, 0) is 4.79 Å². The van der Waals surface area contributed by atoms with Gasteiger partial charge in [-0.05, 0) is 33.6 Å².